The number of anilines is 1. The molecular weight excluding hydrogens is 226 g/mol. The van der Waals surface area contributed by atoms with Gasteiger partial charge in [-0.3, -0.25) is 4.79 Å². The first kappa shape index (κ1) is 11.5. The summed E-state index contributed by atoms with van der Waals surface area (Å²) in [6, 6.07) is 7.91. The zero-order chi connectivity index (χ0) is 12.8. The van der Waals surface area contributed by atoms with Crippen LogP contribution >= 0.6 is 0 Å². The average Bonchev–Trinajstić information content (AvgIpc) is 2.54. The second-order valence-electron chi connectivity index (χ2n) is 4.97. The van der Waals surface area contributed by atoms with E-state index in [4.69, 9.17) is 4.74 Å². The van der Waals surface area contributed by atoms with E-state index < -0.39 is 5.60 Å². The Balaban J connectivity index is 2.22. The van der Waals surface area contributed by atoms with Crippen molar-refractivity contribution >= 4 is 11.6 Å². The summed E-state index contributed by atoms with van der Waals surface area (Å²) in [6.07, 6.45) is 5.07. The molecule has 94 valence electrons. The lowest BCUT2D eigenvalue weighted by Gasteiger charge is -2.31. The van der Waals surface area contributed by atoms with Crippen molar-refractivity contribution in [2.75, 3.05) is 18.6 Å². The van der Waals surface area contributed by atoms with Gasteiger partial charge in [-0.05, 0) is 12.5 Å². The molecular formula is C15H17NO2. The minimum Gasteiger partial charge on any atom is -0.359 e. The number of hydrogen-bond donors (Lipinski definition) is 0. The fourth-order valence-corrected chi connectivity index (χ4v) is 2.99. The standard InChI is InChI=1S/C15H17NO2/c1-11-7-5-6-10-18-15(11)12-8-3-4-9-13(12)16(2)14(15)17/h3-5,7-9,11H,6,10H2,1-2H3/t11-,15-/m1/s1. The quantitative estimate of drug-likeness (QED) is 0.655. The van der Waals surface area contributed by atoms with Crippen molar-refractivity contribution < 1.29 is 9.53 Å². The second kappa shape index (κ2) is 3.95. The van der Waals surface area contributed by atoms with Gasteiger partial charge < -0.3 is 9.64 Å². The number of ether oxygens (including phenoxy) is 1. The van der Waals surface area contributed by atoms with E-state index in [9.17, 15) is 4.79 Å². The molecule has 0 aromatic heterocycles. The van der Waals surface area contributed by atoms with E-state index in [2.05, 4.69) is 19.1 Å². The molecule has 0 radical (unpaired) electrons. The molecule has 2 aliphatic rings. The van der Waals surface area contributed by atoms with Crippen molar-refractivity contribution in [2.45, 2.75) is 18.9 Å². The number of carbonyl (C=O) groups is 1. The Morgan fingerprint density at radius 3 is 3.00 bits per heavy atom. The van der Waals surface area contributed by atoms with Gasteiger partial charge in [-0.25, -0.2) is 0 Å². The number of para-hydroxylation sites is 1. The lowest BCUT2D eigenvalue weighted by Crippen LogP contribution is -2.45. The van der Waals surface area contributed by atoms with E-state index in [1.165, 1.54) is 0 Å². The van der Waals surface area contributed by atoms with Crippen LogP contribution in [0.4, 0.5) is 5.69 Å². The predicted molar refractivity (Wildman–Crippen MR) is 70.4 cm³/mol. The molecule has 3 rings (SSSR count). The molecule has 1 aromatic rings. The fourth-order valence-electron chi connectivity index (χ4n) is 2.99. The van der Waals surface area contributed by atoms with Crippen LogP contribution in [-0.2, 0) is 15.1 Å². The molecule has 2 atom stereocenters. The van der Waals surface area contributed by atoms with Gasteiger partial charge in [0.1, 0.15) is 0 Å². The molecule has 1 amide bonds. The zero-order valence-corrected chi connectivity index (χ0v) is 10.7. The van der Waals surface area contributed by atoms with Crippen LogP contribution in [0.15, 0.2) is 36.4 Å². The van der Waals surface area contributed by atoms with Crippen LogP contribution in [0.3, 0.4) is 0 Å². The Kier molecular flexibility index (Phi) is 2.52. The van der Waals surface area contributed by atoms with E-state index in [-0.39, 0.29) is 11.8 Å². The van der Waals surface area contributed by atoms with Crippen LogP contribution in [0.2, 0.25) is 0 Å². The van der Waals surface area contributed by atoms with E-state index in [0.29, 0.717) is 6.61 Å². The van der Waals surface area contributed by atoms with Gasteiger partial charge in [-0.2, -0.15) is 0 Å². The third-order valence-corrected chi connectivity index (χ3v) is 3.97. The number of likely N-dealkylation sites (N-methyl/N-ethyl adjacent to an activating group) is 1. The number of carbonyl (C=O) groups excluding carboxylic acids is 1. The highest BCUT2D eigenvalue weighted by molar-refractivity contribution is 6.07. The first-order valence-electron chi connectivity index (χ1n) is 6.36. The number of benzene rings is 1. The van der Waals surface area contributed by atoms with E-state index in [1.54, 1.807) is 4.90 Å². The van der Waals surface area contributed by atoms with Crippen molar-refractivity contribution in [3.05, 3.63) is 42.0 Å². The number of amides is 1. The summed E-state index contributed by atoms with van der Waals surface area (Å²) < 4.78 is 6.02. The van der Waals surface area contributed by atoms with Gasteiger partial charge in [-0.1, -0.05) is 37.3 Å². The van der Waals surface area contributed by atoms with Gasteiger partial charge >= 0.3 is 0 Å². The Bertz CT molecular complexity index is 523. The van der Waals surface area contributed by atoms with Crippen LogP contribution in [0, 0.1) is 5.92 Å². The van der Waals surface area contributed by atoms with Crippen LogP contribution < -0.4 is 4.90 Å². The molecule has 0 bridgehead atoms. The summed E-state index contributed by atoms with van der Waals surface area (Å²) in [5.41, 5.74) is 1.14. The highest BCUT2D eigenvalue weighted by Crippen LogP contribution is 2.47. The van der Waals surface area contributed by atoms with Crippen molar-refractivity contribution in [1.82, 2.24) is 0 Å². The third kappa shape index (κ3) is 1.31. The molecule has 0 unspecified atom stereocenters. The Labute approximate surface area is 107 Å². The largest absolute Gasteiger partial charge is 0.359 e. The maximum atomic E-state index is 12.7. The van der Waals surface area contributed by atoms with Crippen molar-refractivity contribution in [3.8, 4) is 0 Å². The van der Waals surface area contributed by atoms with Crippen molar-refractivity contribution in [3.63, 3.8) is 0 Å². The van der Waals surface area contributed by atoms with Gasteiger partial charge in [0.25, 0.3) is 5.91 Å². The minimum absolute atomic E-state index is 0.0442. The van der Waals surface area contributed by atoms with Gasteiger partial charge in [0.2, 0.25) is 0 Å². The molecule has 3 heteroatoms. The lowest BCUT2D eigenvalue weighted by molar-refractivity contribution is -0.148. The van der Waals surface area contributed by atoms with Crippen molar-refractivity contribution in [2.24, 2.45) is 5.92 Å². The smallest absolute Gasteiger partial charge is 0.264 e. The summed E-state index contributed by atoms with van der Waals surface area (Å²) in [5.74, 6) is 0.0985. The monoisotopic (exact) mass is 243 g/mol. The maximum absolute atomic E-state index is 12.7. The van der Waals surface area contributed by atoms with Crippen LogP contribution in [0.25, 0.3) is 0 Å². The molecule has 3 nitrogen and oxygen atoms in total. The predicted octanol–water partition coefficient (Wildman–Crippen LogP) is 2.47. The number of nitrogens with zero attached hydrogens (tertiary/aromatic N) is 1. The molecule has 0 aliphatic carbocycles. The van der Waals surface area contributed by atoms with Gasteiger partial charge in [0, 0.05) is 18.5 Å². The first-order valence-corrected chi connectivity index (χ1v) is 6.36. The summed E-state index contributed by atoms with van der Waals surface area (Å²) in [5, 5.41) is 0. The van der Waals surface area contributed by atoms with Gasteiger partial charge in [0.15, 0.2) is 5.60 Å². The topological polar surface area (TPSA) is 29.5 Å². The number of hydrogen-bond acceptors (Lipinski definition) is 2. The molecule has 0 fully saturated rings. The second-order valence-corrected chi connectivity index (χ2v) is 4.97. The molecule has 0 saturated heterocycles. The highest BCUT2D eigenvalue weighted by atomic mass is 16.5. The van der Waals surface area contributed by atoms with Gasteiger partial charge in [0.05, 0.1) is 12.3 Å². The zero-order valence-electron chi connectivity index (χ0n) is 10.7. The van der Waals surface area contributed by atoms with E-state index >= 15 is 0 Å². The Morgan fingerprint density at radius 1 is 1.39 bits per heavy atom. The van der Waals surface area contributed by atoms with E-state index in [1.807, 2.05) is 31.3 Å². The SMILES string of the molecule is C[C@@H]1C=CCCO[C@]12C(=O)N(C)c1ccccc12. The highest BCUT2D eigenvalue weighted by Gasteiger charge is 2.54. The maximum Gasteiger partial charge on any atom is 0.264 e. The summed E-state index contributed by atoms with van der Waals surface area (Å²) in [6.45, 7) is 2.64. The molecule has 2 heterocycles. The molecule has 2 aliphatic heterocycles. The molecule has 0 saturated carbocycles. The van der Waals surface area contributed by atoms with Gasteiger partial charge in [-0.15, -0.1) is 0 Å². The summed E-state index contributed by atoms with van der Waals surface area (Å²) in [7, 11) is 1.82. The summed E-state index contributed by atoms with van der Waals surface area (Å²) >= 11 is 0. The number of fused-ring (bicyclic) bond motifs is 2. The molecule has 1 spiro atoms. The fraction of sp³-hybridized carbons (Fsp3) is 0.400. The van der Waals surface area contributed by atoms with Crippen LogP contribution in [-0.4, -0.2) is 19.6 Å². The van der Waals surface area contributed by atoms with E-state index in [0.717, 1.165) is 17.7 Å². The molecule has 0 N–H and O–H groups in total. The van der Waals surface area contributed by atoms with Crippen LogP contribution in [0.1, 0.15) is 18.9 Å². The average molecular weight is 243 g/mol. The van der Waals surface area contributed by atoms with Crippen LogP contribution in [0.5, 0.6) is 0 Å². The molecule has 18 heavy (non-hydrogen) atoms. The first-order chi connectivity index (χ1) is 8.68. The third-order valence-electron chi connectivity index (χ3n) is 3.97. The molecule has 1 aromatic carbocycles. The summed E-state index contributed by atoms with van der Waals surface area (Å²) in [4.78, 5) is 14.4. The lowest BCUT2D eigenvalue weighted by atomic mass is 9.83. The number of rotatable bonds is 0. The Hall–Kier alpha value is -1.61. The van der Waals surface area contributed by atoms with Crippen molar-refractivity contribution in [1.29, 1.82) is 0 Å². The normalized spacial score (nSPS) is 30.7. The Morgan fingerprint density at radius 2 is 2.17 bits per heavy atom. The minimum atomic E-state index is -0.821.